The van der Waals surface area contributed by atoms with E-state index in [1.165, 1.54) is 7.11 Å². The molecule has 0 aliphatic rings. The van der Waals surface area contributed by atoms with Gasteiger partial charge >= 0.3 is 5.97 Å². The molecule has 0 fully saturated rings. The third-order valence-electron chi connectivity index (χ3n) is 2.33. The van der Waals surface area contributed by atoms with Crippen LogP contribution in [0.4, 0.5) is 0 Å². The maximum Gasteiger partial charge on any atom is 0.337 e. The predicted molar refractivity (Wildman–Crippen MR) is 59.7 cm³/mol. The summed E-state index contributed by atoms with van der Waals surface area (Å²) in [6, 6.07) is 11.3. The number of esters is 1. The van der Waals surface area contributed by atoms with Crippen LogP contribution in [0.1, 0.15) is 15.9 Å². The number of benzene rings is 2. The average molecular weight is 199 g/mol. The zero-order valence-electron chi connectivity index (χ0n) is 8.49. The molecular formula is C13H11O2. The van der Waals surface area contributed by atoms with Crippen molar-refractivity contribution in [3.8, 4) is 0 Å². The van der Waals surface area contributed by atoms with Gasteiger partial charge in [0.15, 0.2) is 0 Å². The molecule has 0 aliphatic heterocycles. The first-order valence-electron chi connectivity index (χ1n) is 4.65. The molecule has 0 unspecified atom stereocenters. The quantitative estimate of drug-likeness (QED) is 0.660. The van der Waals surface area contributed by atoms with Crippen LogP contribution in [0.3, 0.4) is 0 Å². The first-order chi connectivity index (χ1) is 7.20. The second kappa shape index (κ2) is 3.73. The van der Waals surface area contributed by atoms with E-state index in [1.54, 1.807) is 6.07 Å². The highest BCUT2D eigenvalue weighted by Crippen LogP contribution is 2.17. The summed E-state index contributed by atoms with van der Waals surface area (Å²) >= 11 is 0. The Hall–Kier alpha value is -1.83. The van der Waals surface area contributed by atoms with Gasteiger partial charge in [0.1, 0.15) is 0 Å². The van der Waals surface area contributed by atoms with E-state index in [2.05, 4.69) is 11.7 Å². The molecular weight excluding hydrogens is 188 g/mol. The Morgan fingerprint density at radius 2 is 1.80 bits per heavy atom. The van der Waals surface area contributed by atoms with Crippen LogP contribution in [0.5, 0.6) is 0 Å². The summed E-state index contributed by atoms with van der Waals surface area (Å²) in [5.74, 6) is -0.310. The molecule has 0 N–H and O–H groups in total. The predicted octanol–water partition coefficient (Wildman–Crippen LogP) is 2.81. The third kappa shape index (κ3) is 1.84. The highest BCUT2D eigenvalue weighted by molar-refractivity contribution is 5.95. The average Bonchev–Trinajstić information content (AvgIpc) is 2.27. The molecule has 0 amide bonds. The molecule has 0 aliphatic carbocycles. The minimum absolute atomic E-state index is 0.310. The Bertz CT molecular complexity index is 515. The van der Waals surface area contributed by atoms with Crippen molar-refractivity contribution in [3.05, 3.63) is 54.4 Å². The van der Waals surface area contributed by atoms with Crippen molar-refractivity contribution in [2.45, 2.75) is 0 Å². The van der Waals surface area contributed by atoms with Gasteiger partial charge in [0.2, 0.25) is 0 Å². The minimum Gasteiger partial charge on any atom is -0.465 e. The highest BCUT2D eigenvalue weighted by Gasteiger charge is 2.05. The maximum absolute atomic E-state index is 11.3. The van der Waals surface area contributed by atoms with E-state index in [9.17, 15) is 4.79 Å². The molecule has 0 saturated heterocycles. The van der Waals surface area contributed by atoms with Gasteiger partial charge in [0, 0.05) is 0 Å². The summed E-state index contributed by atoms with van der Waals surface area (Å²) in [4.78, 5) is 11.3. The topological polar surface area (TPSA) is 26.3 Å². The second-order valence-electron chi connectivity index (χ2n) is 3.39. The lowest BCUT2D eigenvalue weighted by Crippen LogP contribution is -2.00. The van der Waals surface area contributed by atoms with Crippen LogP contribution in [0.2, 0.25) is 0 Å². The van der Waals surface area contributed by atoms with Crippen LogP contribution in [-0.2, 0) is 4.74 Å². The molecule has 2 aromatic rings. The van der Waals surface area contributed by atoms with Crippen molar-refractivity contribution in [2.24, 2.45) is 0 Å². The van der Waals surface area contributed by atoms with Gasteiger partial charge < -0.3 is 4.74 Å². The van der Waals surface area contributed by atoms with Crippen LogP contribution in [0, 0.1) is 6.92 Å². The number of carbonyl (C=O) groups excluding carboxylic acids is 1. The molecule has 0 saturated carbocycles. The molecule has 0 atom stereocenters. The lowest BCUT2D eigenvalue weighted by molar-refractivity contribution is 0.0601. The Morgan fingerprint density at radius 3 is 2.53 bits per heavy atom. The SMILES string of the molecule is [CH2]c1ccc2cc(C(=O)OC)ccc2c1. The number of carbonyl (C=O) groups is 1. The Labute approximate surface area is 88.5 Å². The van der Waals surface area contributed by atoms with E-state index < -0.39 is 0 Å². The van der Waals surface area contributed by atoms with E-state index in [0.717, 1.165) is 16.3 Å². The van der Waals surface area contributed by atoms with E-state index in [0.29, 0.717) is 5.56 Å². The normalized spacial score (nSPS) is 10.3. The fourth-order valence-electron chi connectivity index (χ4n) is 1.54. The van der Waals surface area contributed by atoms with Gasteiger partial charge in [-0.3, -0.25) is 0 Å². The smallest absolute Gasteiger partial charge is 0.337 e. The number of ether oxygens (including phenoxy) is 1. The molecule has 0 aromatic heterocycles. The third-order valence-corrected chi connectivity index (χ3v) is 2.33. The Balaban J connectivity index is 2.57. The first-order valence-corrected chi connectivity index (χ1v) is 4.65. The molecule has 0 bridgehead atoms. The summed E-state index contributed by atoms with van der Waals surface area (Å²) in [5.41, 5.74) is 1.54. The molecule has 2 rings (SSSR count). The number of rotatable bonds is 1. The van der Waals surface area contributed by atoms with Crippen molar-refractivity contribution >= 4 is 16.7 Å². The molecule has 2 heteroatoms. The van der Waals surface area contributed by atoms with E-state index in [-0.39, 0.29) is 5.97 Å². The van der Waals surface area contributed by atoms with Gasteiger partial charge in [0.05, 0.1) is 12.7 Å². The fourth-order valence-corrected chi connectivity index (χ4v) is 1.54. The summed E-state index contributed by atoms with van der Waals surface area (Å²) in [6.45, 7) is 3.85. The Kier molecular flexibility index (Phi) is 2.42. The van der Waals surface area contributed by atoms with Gasteiger partial charge in [-0.05, 0) is 35.4 Å². The summed E-state index contributed by atoms with van der Waals surface area (Å²) in [5, 5.41) is 2.10. The monoisotopic (exact) mass is 199 g/mol. The first kappa shape index (κ1) is 9.71. The molecule has 15 heavy (non-hydrogen) atoms. The number of fused-ring (bicyclic) bond motifs is 1. The van der Waals surface area contributed by atoms with Crippen LogP contribution in [0.15, 0.2) is 36.4 Å². The molecule has 2 nitrogen and oxygen atoms in total. The van der Waals surface area contributed by atoms with Gasteiger partial charge in [0.25, 0.3) is 0 Å². The number of methoxy groups -OCH3 is 1. The second-order valence-corrected chi connectivity index (χ2v) is 3.39. The molecule has 0 spiro atoms. The largest absolute Gasteiger partial charge is 0.465 e. The van der Waals surface area contributed by atoms with Gasteiger partial charge in [-0.25, -0.2) is 4.79 Å². The van der Waals surface area contributed by atoms with Crippen molar-refractivity contribution in [2.75, 3.05) is 7.11 Å². The van der Waals surface area contributed by atoms with Crippen molar-refractivity contribution in [1.82, 2.24) is 0 Å². The van der Waals surface area contributed by atoms with E-state index >= 15 is 0 Å². The minimum atomic E-state index is -0.310. The highest BCUT2D eigenvalue weighted by atomic mass is 16.5. The molecule has 2 aromatic carbocycles. The summed E-state index contributed by atoms with van der Waals surface area (Å²) in [7, 11) is 1.38. The van der Waals surface area contributed by atoms with Crippen molar-refractivity contribution in [3.63, 3.8) is 0 Å². The van der Waals surface area contributed by atoms with Crippen molar-refractivity contribution in [1.29, 1.82) is 0 Å². The Morgan fingerprint density at radius 1 is 1.13 bits per heavy atom. The van der Waals surface area contributed by atoms with Crippen LogP contribution in [-0.4, -0.2) is 13.1 Å². The van der Waals surface area contributed by atoms with Crippen LogP contribution < -0.4 is 0 Å². The fraction of sp³-hybridized carbons (Fsp3) is 0.0769. The van der Waals surface area contributed by atoms with Gasteiger partial charge in [-0.15, -0.1) is 0 Å². The summed E-state index contributed by atoms with van der Waals surface area (Å²) in [6.07, 6.45) is 0. The molecule has 75 valence electrons. The molecule has 1 radical (unpaired) electrons. The summed E-state index contributed by atoms with van der Waals surface area (Å²) < 4.78 is 4.66. The standard InChI is InChI=1S/C13H11O2/c1-9-3-4-11-8-12(13(14)15-2)6-5-10(11)7-9/h3-8H,1H2,2H3. The number of hydrogen-bond donors (Lipinski definition) is 0. The zero-order valence-corrected chi connectivity index (χ0v) is 8.49. The van der Waals surface area contributed by atoms with Gasteiger partial charge in [-0.2, -0.15) is 0 Å². The van der Waals surface area contributed by atoms with Crippen LogP contribution >= 0.6 is 0 Å². The zero-order chi connectivity index (χ0) is 10.8. The maximum atomic E-state index is 11.3. The lowest BCUT2D eigenvalue weighted by Gasteiger charge is -2.02. The lowest BCUT2D eigenvalue weighted by atomic mass is 10.0. The van der Waals surface area contributed by atoms with E-state index in [1.807, 2.05) is 30.3 Å². The van der Waals surface area contributed by atoms with E-state index in [4.69, 9.17) is 0 Å². The van der Waals surface area contributed by atoms with Crippen molar-refractivity contribution < 1.29 is 9.53 Å². The molecule has 0 heterocycles. The number of hydrogen-bond acceptors (Lipinski definition) is 2. The van der Waals surface area contributed by atoms with Crippen LogP contribution in [0.25, 0.3) is 10.8 Å². The van der Waals surface area contributed by atoms with Gasteiger partial charge in [-0.1, -0.05) is 24.3 Å².